The van der Waals surface area contributed by atoms with Gasteiger partial charge in [0.15, 0.2) is 0 Å². The van der Waals surface area contributed by atoms with Crippen molar-refractivity contribution in [3.8, 4) is 24.7 Å². The quantitative estimate of drug-likeness (QED) is 0.158. The molecule has 4 N–H and O–H groups in total. The van der Waals surface area contributed by atoms with E-state index < -0.39 is 11.6 Å². The topological polar surface area (TPSA) is 175 Å². The summed E-state index contributed by atoms with van der Waals surface area (Å²) in [5, 5.41) is 11.0. The van der Waals surface area contributed by atoms with Crippen LogP contribution in [-0.4, -0.2) is 86.5 Å². The number of nitrogens with zero attached hydrogens (tertiary/aromatic N) is 2. The fourth-order valence-electron chi connectivity index (χ4n) is 5.73. The van der Waals surface area contributed by atoms with Gasteiger partial charge in [-0.1, -0.05) is 11.8 Å². The van der Waals surface area contributed by atoms with Crippen LogP contribution in [0.4, 0.5) is 22.7 Å². The Bertz CT molecular complexity index is 2360. The first-order valence-electron chi connectivity index (χ1n) is 18.1. The summed E-state index contributed by atoms with van der Waals surface area (Å²) in [7, 11) is 0. The molecule has 2 aromatic heterocycles. The lowest BCUT2D eigenvalue weighted by atomic mass is 10.0. The average molecular weight is 902 g/mol. The number of thiophene rings is 2. The van der Waals surface area contributed by atoms with Gasteiger partial charge < -0.3 is 40.5 Å². The molecule has 4 heterocycles. The predicted molar refractivity (Wildman–Crippen MR) is 232 cm³/mol. The lowest BCUT2D eigenvalue weighted by molar-refractivity contribution is -0.126. The Morgan fingerprint density at radius 1 is 0.780 bits per heavy atom. The van der Waals surface area contributed by atoms with E-state index in [2.05, 4.69) is 49.0 Å². The normalized spacial score (nSPS) is 14.5. The minimum Gasteiger partial charge on any atom is -0.370 e. The SMILES string of the molecule is C#Cc1ccc(C(=O)NC(C)(C)C(=O)Nc2ccc(N3CCOCC3=O)c(Br)c2)s1.C#Cc1ccc(C(=O)NC(C)C(=O)Nc2ccc(N3CCOCC3=O)c(C)c2)s1. The maximum Gasteiger partial charge on any atom is 0.262 e. The number of terminal acetylenes is 2. The van der Waals surface area contributed by atoms with Gasteiger partial charge in [-0.05, 0) is 110 Å². The van der Waals surface area contributed by atoms with Gasteiger partial charge in [-0.2, -0.15) is 0 Å². The minimum atomic E-state index is -1.16. The van der Waals surface area contributed by atoms with E-state index in [4.69, 9.17) is 22.3 Å². The van der Waals surface area contributed by atoms with Crippen molar-refractivity contribution in [1.29, 1.82) is 0 Å². The number of morpholine rings is 2. The molecule has 306 valence electrons. The summed E-state index contributed by atoms with van der Waals surface area (Å²) in [4.78, 5) is 79.5. The van der Waals surface area contributed by atoms with Crippen LogP contribution in [0.3, 0.4) is 0 Å². The highest BCUT2D eigenvalue weighted by Crippen LogP contribution is 2.31. The molecule has 0 radical (unpaired) electrons. The van der Waals surface area contributed by atoms with Crippen LogP contribution in [0.5, 0.6) is 0 Å². The zero-order valence-electron chi connectivity index (χ0n) is 32.6. The van der Waals surface area contributed by atoms with Crippen LogP contribution in [0.15, 0.2) is 65.1 Å². The molecule has 2 saturated heterocycles. The van der Waals surface area contributed by atoms with E-state index in [0.717, 1.165) is 11.3 Å². The Kier molecular flexibility index (Phi) is 14.8. The second kappa shape index (κ2) is 19.8. The third-order valence-electron chi connectivity index (χ3n) is 8.90. The van der Waals surface area contributed by atoms with Gasteiger partial charge in [0.2, 0.25) is 11.8 Å². The molecule has 2 aliphatic heterocycles. The van der Waals surface area contributed by atoms with E-state index in [1.165, 1.54) is 22.7 Å². The lowest BCUT2D eigenvalue weighted by Gasteiger charge is -2.28. The zero-order chi connectivity index (χ0) is 42.9. The summed E-state index contributed by atoms with van der Waals surface area (Å²) < 4.78 is 11.0. The van der Waals surface area contributed by atoms with Gasteiger partial charge in [0.25, 0.3) is 23.6 Å². The van der Waals surface area contributed by atoms with Crippen molar-refractivity contribution in [1.82, 2.24) is 10.6 Å². The molecule has 2 aromatic carbocycles. The number of benzene rings is 2. The van der Waals surface area contributed by atoms with Gasteiger partial charge >= 0.3 is 0 Å². The smallest absolute Gasteiger partial charge is 0.262 e. The summed E-state index contributed by atoms with van der Waals surface area (Å²) in [6.45, 7) is 8.76. The Morgan fingerprint density at radius 2 is 1.31 bits per heavy atom. The molecule has 4 aromatic rings. The average Bonchev–Trinajstić information content (AvgIpc) is 3.90. The first-order chi connectivity index (χ1) is 28.1. The highest BCUT2D eigenvalue weighted by atomic mass is 79.9. The van der Waals surface area contributed by atoms with Crippen molar-refractivity contribution in [2.75, 3.05) is 60.0 Å². The predicted octanol–water partition coefficient (Wildman–Crippen LogP) is 5.16. The van der Waals surface area contributed by atoms with Crippen molar-refractivity contribution >= 4 is 96.8 Å². The molecule has 2 fully saturated rings. The maximum atomic E-state index is 12.8. The number of carbonyl (C=O) groups is 6. The summed E-state index contributed by atoms with van der Waals surface area (Å²) >= 11 is 5.84. The summed E-state index contributed by atoms with van der Waals surface area (Å²) in [5.74, 6) is 3.29. The fraction of sp³-hybridized carbons (Fsp3) is 0.286. The van der Waals surface area contributed by atoms with Crippen molar-refractivity contribution < 1.29 is 38.2 Å². The lowest BCUT2D eigenvalue weighted by Crippen LogP contribution is -2.52. The van der Waals surface area contributed by atoms with Crippen LogP contribution in [0.2, 0.25) is 0 Å². The molecule has 1 unspecified atom stereocenters. The molecular weight excluding hydrogens is 861 g/mol. The highest BCUT2D eigenvalue weighted by molar-refractivity contribution is 9.10. The number of carbonyl (C=O) groups excluding carboxylic acids is 6. The standard InChI is InChI=1S/C21H20BrN3O4S.C21H21N3O4S/c1-4-14-6-8-17(30-14)19(27)24-21(2,3)20(28)23-13-5-7-16(15(22)11-13)25-9-10-29-12-18(25)26;1-4-16-6-8-18(29-16)21(27)22-14(3)20(26)23-15-5-7-17(13(2)11-15)24-9-10-28-12-19(24)25/h1,5-8,11H,9-10,12H2,2-3H3,(H,23,28)(H,24,27);1,5-8,11,14H,9-10,12H2,2-3H3,(H,22,27)(H,23,26). The first-order valence-corrected chi connectivity index (χ1v) is 20.6. The second-order valence-corrected chi connectivity index (χ2v) is 16.7. The Hall–Kier alpha value is -5.82. The molecule has 0 bridgehead atoms. The van der Waals surface area contributed by atoms with Crippen LogP contribution in [0.1, 0.15) is 55.4 Å². The Balaban J connectivity index is 0.000000224. The molecule has 59 heavy (non-hydrogen) atoms. The number of halogens is 1. The van der Waals surface area contributed by atoms with Gasteiger partial charge in [-0.25, -0.2) is 0 Å². The van der Waals surface area contributed by atoms with Crippen molar-refractivity contribution in [3.63, 3.8) is 0 Å². The third kappa shape index (κ3) is 11.4. The zero-order valence-corrected chi connectivity index (χ0v) is 35.8. The number of amides is 6. The Labute approximate surface area is 358 Å². The molecule has 2 aliphatic rings. The molecule has 0 spiro atoms. The molecule has 6 amide bonds. The molecule has 17 heteroatoms. The van der Waals surface area contributed by atoms with Gasteiger partial charge in [0, 0.05) is 34.6 Å². The van der Waals surface area contributed by atoms with Crippen molar-refractivity contribution in [2.45, 2.75) is 39.3 Å². The monoisotopic (exact) mass is 900 g/mol. The van der Waals surface area contributed by atoms with E-state index >= 15 is 0 Å². The number of anilines is 4. The first kappa shape index (κ1) is 44.3. The number of hydrogen-bond acceptors (Lipinski definition) is 10. The van der Waals surface area contributed by atoms with Gasteiger partial charge in [0.1, 0.15) is 24.8 Å². The number of nitrogens with one attached hydrogen (secondary N) is 4. The van der Waals surface area contributed by atoms with Gasteiger partial charge in [0.05, 0.1) is 38.4 Å². The molecular formula is C42H41BrN6O8S2. The van der Waals surface area contributed by atoms with Gasteiger partial charge in [-0.15, -0.1) is 35.5 Å². The number of hydrogen-bond donors (Lipinski definition) is 4. The van der Waals surface area contributed by atoms with E-state index in [1.807, 2.05) is 6.92 Å². The van der Waals surface area contributed by atoms with E-state index in [1.54, 1.807) is 91.2 Å². The number of rotatable bonds is 10. The largest absolute Gasteiger partial charge is 0.370 e. The van der Waals surface area contributed by atoms with Gasteiger partial charge in [-0.3, -0.25) is 28.8 Å². The van der Waals surface area contributed by atoms with Crippen LogP contribution in [0, 0.1) is 31.6 Å². The van der Waals surface area contributed by atoms with Crippen LogP contribution in [-0.2, 0) is 28.7 Å². The fourth-order valence-corrected chi connectivity index (χ4v) is 7.76. The third-order valence-corrected chi connectivity index (χ3v) is 11.6. The highest BCUT2D eigenvalue weighted by Gasteiger charge is 2.31. The maximum absolute atomic E-state index is 12.8. The van der Waals surface area contributed by atoms with Crippen LogP contribution in [0.25, 0.3) is 0 Å². The minimum absolute atomic E-state index is 0.0475. The summed E-state index contributed by atoms with van der Waals surface area (Å²) in [5.41, 5.74) is 2.31. The summed E-state index contributed by atoms with van der Waals surface area (Å²) in [6, 6.07) is 16.4. The molecule has 0 saturated carbocycles. The van der Waals surface area contributed by atoms with Crippen molar-refractivity contribution in [2.24, 2.45) is 0 Å². The van der Waals surface area contributed by atoms with E-state index in [-0.39, 0.29) is 48.7 Å². The Morgan fingerprint density at radius 3 is 1.81 bits per heavy atom. The van der Waals surface area contributed by atoms with Crippen LogP contribution >= 0.6 is 38.6 Å². The van der Waals surface area contributed by atoms with E-state index in [0.29, 0.717) is 67.3 Å². The number of ether oxygens (including phenoxy) is 2. The van der Waals surface area contributed by atoms with E-state index in [9.17, 15) is 28.8 Å². The molecule has 6 rings (SSSR count). The second-order valence-electron chi connectivity index (χ2n) is 13.7. The molecule has 0 aliphatic carbocycles. The number of aryl methyl sites for hydroxylation is 1. The molecule has 14 nitrogen and oxygen atoms in total. The van der Waals surface area contributed by atoms with Crippen LogP contribution < -0.4 is 31.1 Å². The summed E-state index contributed by atoms with van der Waals surface area (Å²) in [6.07, 6.45) is 10.6. The molecule has 1 atom stereocenters. The van der Waals surface area contributed by atoms with Crippen molar-refractivity contribution in [3.05, 3.63) is 90.2 Å².